The van der Waals surface area contributed by atoms with Crippen molar-refractivity contribution in [2.24, 2.45) is 0 Å². The minimum Gasteiger partial charge on any atom is -0.520 e. The van der Waals surface area contributed by atoms with Crippen LogP contribution in [0.1, 0.15) is 38.5 Å². The average molecular weight is 345 g/mol. The van der Waals surface area contributed by atoms with Gasteiger partial charge in [0.2, 0.25) is 16.6 Å². The van der Waals surface area contributed by atoms with E-state index >= 15 is 0 Å². The molecule has 0 aliphatic rings. The monoisotopic (exact) mass is 344 g/mol. The Labute approximate surface area is 137 Å². The lowest BCUT2D eigenvalue weighted by Gasteiger charge is -2.17. The quantitative estimate of drug-likeness (QED) is 0.329. The average Bonchev–Trinajstić information content (AvgIpc) is 2.27. The highest BCUT2D eigenvalue weighted by Crippen LogP contribution is 2.10. The number of rotatable bonds is 10. The molecule has 0 saturated carbocycles. The Hall–Kier alpha value is -0.886. The summed E-state index contributed by atoms with van der Waals surface area (Å²) in [6.45, 7) is 12.0. The molecule has 0 saturated heterocycles. The summed E-state index contributed by atoms with van der Waals surface area (Å²) in [4.78, 5) is 23.0. The van der Waals surface area contributed by atoms with Crippen LogP contribution in [-0.2, 0) is 18.4 Å². The molecule has 4 nitrogen and oxygen atoms in total. The molecule has 0 amide bonds. The number of carbonyl (C=O) groups is 2. The van der Waals surface area contributed by atoms with Crippen molar-refractivity contribution in [2.45, 2.75) is 77.8 Å². The molecule has 0 atom stereocenters. The highest BCUT2D eigenvalue weighted by atomic mass is 28.4. The number of carbonyl (C=O) groups excluding carboxylic acids is 2. The zero-order chi connectivity index (χ0) is 17.2. The lowest BCUT2D eigenvalue weighted by molar-refractivity contribution is -0.135. The summed E-state index contributed by atoms with van der Waals surface area (Å²) < 4.78 is 10.7. The predicted molar refractivity (Wildman–Crippen MR) is 95.7 cm³/mol. The largest absolute Gasteiger partial charge is 0.520 e. The Bertz CT molecular complexity index is 379. The van der Waals surface area contributed by atoms with Gasteiger partial charge in [0.1, 0.15) is 0 Å². The summed E-state index contributed by atoms with van der Waals surface area (Å²) in [7, 11) is -3.51. The van der Waals surface area contributed by atoms with Gasteiger partial charge in [-0.2, -0.15) is 0 Å². The lowest BCUT2D eigenvalue weighted by Crippen LogP contribution is -2.28. The Morgan fingerprint density at radius 1 is 0.818 bits per heavy atom. The summed E-state index contributed by atoms with van der Waals surface area (Å²) in [5, 5.41) is 0. The van der Waals surface area contributed by atoms with Gasteiger partial charge in [-0.15, -0.1) is 0 Å². The van der Waals surface area contributed by atoms with Crippen molar-refractivity contribution in [3.8, 4) is 0 Å². The highest BCUT2D eigenvalue weighted by molar-refractivity contribution is 6.71. The second kappa shape index (κ2) is 10.00. The molecule has 22 heavy (non-hydrogen) atoms. The predicted octanol–water partition coefficient (Wildman–Crippen LogP) is 4.64. The lowest BCUT2D eigenvalue weighted by atomic mass is 10.1. The van der Waals surface area contributed by atoms with Crippen molar-refractivity contribution in [3.63, 3.8) is 0 Å². The highest BCUT2D eigenvalue weighted by Gasteiger charge is 2.19. The molecule has 0 bridgehead atoms. The van der Waals surface area contributed by atoms with E-state index in [9.17, 15) is 9.59 Å². The van der Waals surface area contributed by atoms with Gasteiger partial charge in [0.05, 0.1) is 0 Å². The van der Waals surface area contributed by atoms with Gasteiger partial charge in [0, 0.05) is 12.5 Å². The van der Waals surface area contributed by atoms with Crippen LogP contribution in [0.25, 0.3) is 0 Å². The molecule has 0 aromatic rings. The van der Waals surface area contributed by atoms with Crippen LogP contribution in [0.2, 0.25) is 39.3 Å². The van der Waals surface area contributed by atoms with Gasteiger partial charge in [-0.1, -0.05) is 18.9 Å². The maximum absolute atomic E-state index is 11.5. The van der Waals surface area contributed by atoms with Crippen LogP contribution in [0.4, 0.5) is 0 Å². The molecule has 0 heterocycles. The third-order valence-corrected chi connectivity index (χ3v) is 4.24. The first-order chi connectivity index (χ1) is 9.99. The third kappa shape index (κ3) is 15.5. The number of unbranched alkanes of at least 4 members (excludes halogenated alkanes) is 4. The van der Waals surface area contributed by atoms with Crippen LogP contribution in [0.5, 0.6) is 0 Å². The molecule has 6 heteroatoms. The molecule has 0 aliphatic carbocycles. The van der Waals surface area contributed by atoms with Crippen molar-refractivity contribution >= 4 is 28.6 Å². The molecule has 0 radical (unpaired) electrons. The van der Waals surface area contributed by atoms with Crippen molar-refractivity contribution in [1.82, 2.24) is 0 Å². The first-order valence-electron chi connectivity index (χ1n) is 8.11. The molecule has 128 valence electrons. The number of hydrogen-bond donors (Lipinski definition) is 0. The van der Waals surface area contributed by atoms with E-state index in [0.29, 0.717) is 6.42 Å². The van der Waals surface area contributed by atoms with E-state index in [1.54, 1.807) is 0 Å². The first-order valence-corrected chi connectivity index (χ1v) is 14.9. The molecule has 0 unspecified atom stereocenters. The summed E-state index contributed by atoms with van der Waals surface area (Å²) in [5.74, 6) is -0.290. The second-order valence-electron chi connectivity index (χ2n) is 7.48. The van der Waals surface area contributed by atoms with Gasteiger partial charge in [0.25, 0.3) is 5.97 Å². The van der Waals surface area contributed by atoms with Crippen molar-refractivity contribution in [3.05, 3.63) is 12.2 Å². The normalized spacial score (nSPS) is 12.5. The van der Waals surface area contributed by atoms with Crippen molar-refractivity contribution in [2.75, 3.05) is 0 Å². The Kier molecular flexibility index (Phi) is 9.59. The maximum Gasteiger partial charge on any atom is 0.317 e. The van der Waals surface area contributed by atoms with Crippen LogP contribution in [0, 0.1) is 0 Å². The van der Waals surface area contributed by atoms with Gasteiger partial charge < -0.3 is 8.85 Å². The molecule has 0 rings (SSSR count). The molecule has 0 aromatic carbocycles. The summed E-state index contributed by atoms with van der Waals surface area (Å²) >= 11 is 0. The first kappa shape index (κ1) is 21.1. The van der Waals surface area contributed by atoms with Gasteiger partial charge in [-0.25, -0.2) is 4.79 Å². The van der Waals surface area contributed by atoms with Gasteiger partial charge in [-0.3, -0.25) is 4.79 Å². The fraction of sp³-hybridized carbons (Fsp3) is 0.750. The summed E-state index contributed by atoms with van der Waals surface area (Å²) in [6, 6.07) is 0. The zero-order valence-corrected chi connectivity index (χ0v) is 17.0. The van der Waals surface area contributed by atoms with Crippen molar-refractivity contribution in [1.29, 1.82) is 0 Å². The fourth-order valence-corrected chi connectivity index (χ4v) is 3.25. The third-order valence-electron chi connectivity index (χ3n) is 2.58. The van der Waals surface area contributed by atoms with E-state index in [-0.39, 0.29) is 11.9 Å². The molecule has 0 aromatic heterocycles. The minimum absolute atomic E-state index is 0.0619. The molecule has 0 spiro atoms. The van der Waals surface area contributed by atoms with E-state index in [1.165, 1.54) is 6.08 Å². The maximum atomic E-state index is 11.5. The van der Waals surface area contributed by atoms with E-state index in [0.717, 1.165) is 32.1 Å². The Morgan fingerprint density at radius 3 is 1.91 bits per heavy atom. The van der Waals surface area contributed by atoms with Gasteiger partial charge >= 0.3 is 5.97 Å². The topological polar surface area (TPSA) is 52.6 Å². The summed E-state index contributed by atoms with van der Waals surface area (Å²) in [6.07, 6.45) is 8.79. The molecule has 0 aliphatic heterocycles. The van der Waals surface area contributed by atoms with Gasteiger partial charge in [-0.05, 0) is 58.5 Å². The van der Waals surface area contributed by atoms with E-state index in [1.807, 2.05) is 45.4 Å². The van der Waals surface area contributed by atoms with E-state index < -0.39 is 16.6 Å². The van der Waals surface area contributed by atoms with Gasteiger partial charge in [0.15, 0.2) is 0 Å². The SMILES string of the molecule is C[Si](C)(C)OC(=O)/C=C/CCCCCCC(=O)O[Si](C)(C)C. The van der Waals surface area contributed by atoms with Crippen LogP contribution in [0.15, 0.2) is 12.2 Å². The summed E-state index contributed by atoms with van der Waals surface area (Å²) in [5.41, 5.74) is 0. The number of allylic oxidation sites excluding steroid dienone is 1. The van der Waals surface area contributed by atoms with Crippen LogP contribution < -0.4 is 0 Å². The van der Waals surface area contributed by atoms with Crippen LogP contribution >= 0.6 is 0 Å². The van der Waals surface area contributed by atoms with Crippen LogP contribution in [0.3, 0.4) is 0 Å². The van der Waals surface area contributed by atoms with Crippen molar-refractivity contribution < 1.29 is 18.4 Å². The van der Waals surface area contributed by atoms with E-state index in [2.05, 4.69) is 0 Å². The smallest absolute Gasteiger partial charge is 0.317 e. The fourth-order valence-electron chi connectivity index (χ4n) is 1.79. The molecule has 0 N–H and O–H groups in total. The van der Waals surface area contributed by atoms with Crippen LogP contribution in [-0.4, -0.2) is 28.6 Å². The van der Waals surface area contributed by atoms with E-state index in [4.69, 9.17) is 8.85 Å². The Morgan fingerprint density at radius 2 is 1.36 bits per heavy atom. The standard InChI is InChI=1S/C16H32O4Si2/c1-21(2,3)19-15(17)13-11-9-7-8-10-12-14-16(18)20-22(4,5)6/h11,13H,7-10,12,14H2,1-6H3/b13-11+. The molecular formula is C16H32O4Si2. The second-order valence-corrected chi connectivity index (χ2v) is 16.3. The number of hydrogen-bond acceptors (Lipinski definition) is 4. The molecular weight excluding hydrogens is 312 g/mol. The minimum atomic E-state index is -1.78. The molecule has 0 fully saturated rings. The Balaban J connectivity index is 3.59. The zero-order valence-electron chi connectivity index (χ0n) is 15.0.